The molecule has 0 bridgehead atoms. The molecule has 1 aromatic rings. The second kappa shape index (κ2) is 4.78. The van der Waals surface area contributed by atoms with E-state index in [9.17, 15) is 0 Å². The summed E-state index contributed by atoms with van der Waals surface area (Å²) in [5, 5.41) is 0. The molecular weight excluding hydrogens is 216 g/mol. The molecule has 0 heterocycles. The number of rotatable bonds is 4. The zero-order valence-electron chi connectivity index (χ0n) is 10.6. The maximum Gasteiger partial charge on any atom is 0.0923 e. The van der Waals surface area contributed by atoms with Gasteiger partial charge in [0, 0.05) is 11.3 Å². The minimum absolute atomic E-state index is 0.0392. The molecule has 3 heteroatoms. The zero-order chi connectivity index (χ0) is 12.4. The highest BCUT2D eigenvalue weighted by Gasteiger charge is 2.35. The van der Waals surface area contributed by atoms with E-state index in [0.29, 0.717) is 0 Å². The second-order valence-corrected chi connectivity index (χ2v) is 5.36. The van der Waals surface area contributed by atoms with Crippen LogP contribution >= 0.6 is 12.6 Å². The maximum absolute atomic E-state index is 6.44. The van der Waals surface area contributed by atoms with Crippen LogP contribution in [0.2, 0.25) is 0 Å². The smallest absolute Gasteiger partial charge is 0.0923 e. The van der Waals surface area contributed by atoms with Crippen LogP contribution in [0.4, 0.5) is 0 Å². The summed E-state index contributed by atoms with van der Waals surface area (Å²) in [6.07, 6.45) is 0. The minimum atomic E-state index is -0.479. The van der Waals surface area contributed by atoms with Gasteiger partial charge >= 0.3 is 0 Å². The van der Waals surface area contributed by atoms with Gasteiger partial charge in [-0.15, -0.1) is 0 Å². The number of nitrogens with zero attached hydrogens (tertiary/aromatic N) is 1. The van der Waals surface area contributed by atoms with Crippen LogP contribution in [0.25, 0.3) is 0 Å². The van der Waals surface area contributed by atoms with E-state index < -0.39 is 5.66 Å². The molecule has 0 aliphatic carbocycles. The molecule has 1 aromatic carbocycles. The van der Waals surface area contributed by atoms with Crippen molar-refractivity contribution in [1.29, 1.82) is 0 Å². The monoisotopic (exact) mass is 238 g/mol. The van der Waals surface area contributed by atoms with Gasteiger partial charge in [0.25, 0.3) is 0 Å². The Labute approximate surface area is 104 Å². The third-order valence-corrected chi connectivity index (χ3v) is 4.12. The van der Waals surface area contributed by atoms with Crippen LogP contribution in [-0.4, -0.2) is 23.2 Å². The first kappa shape index (κ1) is 13.6. The van der Waals surface area contributed by atoms with Crippen molar-refractivity contribution in [2.45, 2.75) is 32.0 Å². The van der Waals surface area contributed by atoms with Crippen molar-refractivity contribution < 1.29 is 0 Å². The van der Waals surface area contributed by atoms with Crippen LogP contribution in [0, 0.1) is 0 Å². The van der Waals surface area contributed by atoms with Crippen molar-refractivity contribution in [1.82, 2.24) is 4.90 Å². The highest BCUT2D eigenvalue weighted by Crippen LogP contribution is 2.28. The largest absolute Gasteiger partial charge is 0.310 e. The van der Waals surface area contributed by atoms with Crippen LogP contribution in [0.5, 0.6) is 0 Å². The predicted molar refractivity (Wildman–Crippen MR) is 73.7 cm³/mol. The standard InChI is InChI=1S/C13H22N2S/c1-12(2,10-16)15(4)13(3,14)11-8-6-5-7-9-11/h5-9,16H,10,14H2,1-4H3. The van der Waals surface area contributed by atoms with Crippen molar-refractivity contribution in [3.8, 4) is 0 Å². The average Bonchev–Trinajstić information content (AvgIpc) is 2.29. The molecule has 90 valence electrons. The molecule has 0 spiro atoms. The Morgan fingerprint density at radius 1 is 1.19 bits per heavy atom. The third kappa shape index (κ3) is 2.59. The SMILES string of the molecule is CN(C(C)(C)CS)C(C)(N)c1ccccc1. The summed E-state index contributed by atoms with van der Waals surface area (Å²) in [5.41, 5.74) is 7.04. The predicted octanol–water partition coefficient (Wildman–Crippen LogP) is 2.46. The van der Waals surface area contributed by atoms with Crippen molar-refractivity contribution in [3.05, 3.63) is 35.9 Å². The molecule has 1 rings (SSSR count). The van der Waals surface area contributed by atoms with E-state index in [4.69, 9.17) is 5.73 Å². The number of benzene rings is 1. The first-order valence-corrected chi connectivity index (χ1v) is 6.15. The average molecular weight is 238 g/mol. The number of hydrogen-bond acceptors (Lipinski definition) is 3. The Hall–Kier alpha value is -0.510. The van der Waals surface area contributed by atoms with Gasteiger partial charge in [0.15, 0.2) is 0 Å². The van der Waals surface area contributed by atoms with Crippen LogP contribution in [0.1, 0.15) is 26.3 Å². The van der Waals surface area contributed by atoms with Gasteiger partial charge in [-0.2, -0.15) is 12.6 Å². The molecule has 0 aromatic heterocycles. The van der Waals surface area contributed by atoms with Gasteiger partial charge in [-0.25, -0.2) is 0 Å². The molecule has 0 amide bonds. The van der Waals surface area contributed by atoms with Gasteiger partial charge in [0.1, 0.15) is 0 Å². The zero-order valence-corrected chi connectivity index (χ0v) is 11.5. The number of nitrogens with two attached hydrogens (primary N) is 1. The Morgan fingerprint density at radius 3 is 2.12 bits per heavy atom. The molecular formula is C13H22N2S. The number of hydrogen-bond donors (Lipinski definition) is 2. The van der Waals surface area contributed by atoms with Gasteiger partial charge in [0.2, 0.25) is 0 Å². The summed E-state index contributed by atoms with van der Waals surface area (Å²) in [6.45, 7) is 6.33. The molecule has 16 heavy (non-hydrogen) atoms. The molecule has 2 nitrogen and oxygen atoms in total. The summed E-state index contributed by atoms with van der Waals surface area (Å²) >= 11 is 4.39. The summed E-state index contributed by atoms with van der Waals surface area (Å²) in [6, 6.07) is 10.2. The minimum Gasteiger partial charge on any atom is -0.310 e. The first-order chi connectivity index (χ1) is 7.32. The van der Waals surface area contributed by atoms with Crippen molar-refractivity contribution in [2.75, 3.05) is 12.8 Å². The fourth-order valence-corrected chi connectivity index (χ4v) is 1.92. The van der Waals surface area contributed by atoms with Gasteiger partial charge in [-0.05, 0) is 33.4 Å². The topological polar surface area (TPSA) is 29.3 Å². The van der Waals surface area contributed by atoms with E-state index in [1.54, 1.807) is 0 Å². The molecule has 0 fully saturated rings. The summed E-state index contributed by atoms with van der Waals surface area (Å²) < 4.78 is 0. The molecule has 0 saturated heterocycles. The molecule has 1 atom stereocenters. The molecule has 2 N–H and O–H groups in total. The first-order valence-electron chi connectivity index (χ1n) is 5.51. The second-order valence-electron chi connectivity index (χ2n) is 5.04. The maximum atomic E-state index is 6.44. The van der Waals surface area contributed by atoms with Gasteiger partial charge in [0.05, 0.1) is 5.66 Å². The molecule has 0 aliphatic rings. The van der Waals surface area contributed by atoms with Gasteiger partial charge < -0.3 is 5.73 Å². The highest BCUT2D eigenvalue weighted by atomic mass is 32.1. The molecule has 1 unspecified atom stereocenters. The van der Waals surface area contributed by atoms with Crippen molar-refractivity contribution in [3.63, 3.8) is 0 Å². The van der Waals surface area contributed by atoms with Crippen LogP contribution in [-0.2, 0) is 5.66 Å². The number of thiol groups is 1. The van der Waals surface area contributed by atoms with Crippen LogP contribution < -0.4 is 5.73 Å². The molecule has 0 aliphatic heterocycles. The van der Waals surface area contributed by atoms with Crippen LogP contribution in [0.3, 0.4) is 0 Å². The van der Waals surface area contributed by atoms with E-state index in [1.165, 1.54) is 0 Å². The van der Waals surface area contributed by atoms with E-state index in [1.807, 2.05) is 32.2 Å². The summed E-state index contributed by atoms with van der Waals surface area (Å²) in [5.74, 6) is 0.767. The van der Waals surface area contributed by atoms with E-state index >= 15 is 0 Å². The Morgan fingerprint density at radius 2 is 1.69 bits per heavy atom. The Bertz CT molecular complexity index is 333. The highest BCUT2D eigenvalue weighted by molar-refractivity contribution is 7.80. The Kier molecular flexibility index (Phi) is 4.05. The summed E-state index contributed by atoms with van der Waals surface area (Å²) in [7, 11) is 2.04. The van der Waals surface area contributed by atoms with Crippen molar-refractivity contribution >= 4 is 12.6 Å². The van der Waals surface area contributed by atoms with E-state index in [2.05, 4.69) is 43.5 Å². The normalized spacial score (nSPS) is 16.2. The lowest BCUT2D eigenvalue weighted by molar-refractivity contribution is 0.0489. The van der Waals surface area contributed by atoms with Crippen LogP contribution in [0.15, 0.2) is 30.3 Å². The van der Waals surface area contributed by atoms with Gasteiger partial charge in [-0.1, -0.05) is 30.3 Å². The lowest BCUT2D eigenvalue weighted by atomic mass is 9.95. The fraction of sp³-hybridized carbons (Fsp3) is 0.538. The fourth-order valence-electron chi connectivity index (χ4n) is 1.70. The molecule has 0 radical (unpaired) electrons. The Balaban J connectivity index is 3.03. The lowest BCUT2D eigenvalue weighted by Crippen LogP contribution is -2.58. The quantitative estimate of drug-likeness (QED) is 0.623. The van der Waals surface area contributed by atoms with Crippen molar-refractivity contribution in [2.24, 2.45) is 5.73 Å². The molecule has 0 saturated carbocycles. The van der Waals surface area contributed by atoms with E-state index in [-0.39, 0.29) is 5.54 Å². The third-order valence-electron chi connectivity index (χ3n) is 3.35. The van der Waals surface area contributed by atoms with Gasteiger partial charge in [-0.3, -0.25) is 4.90 Å². The van der Waals surface area contributed by atoms with E-state index in [0.717, 1.165) is 11.3 Å². The summed E-state index contributed by atoms with van der Waals surface area (Å²) in [4.78, 5) is 2.17. The lowest BCUT2D eigenvalue weighted by Gasteiger charge is -2.45.